The third kappa shape index (κ3) is 5.94. The van der Waals surface area contributed by atoms with Crippen molar-refractivity contribution in [2.24, 2.45) is 0 Å². The van der Waals surface area contributed by atoms with E-state index in [-0.39, 0.29) is 28.9 Å². The van der Waals surface area contributed by atoms with Crippen LogP contribution in [0.15, 0.2) is 23.1 Å². The van der Waals surface area contributed by atoms with Gasteiger partial charge < -0.3 is 20.3 Å². The van der Waals surface area contributed by atoms with Crippen LogP contribution in [0.5, 0.6) is 11.5 Å². The van der Waals surface area contributed by atoms with E-state index < -0.39 is 17.9 Å². The number of nitrogens with one attached hydrogen (secondary N) is 1. The number of phenols is 1. The van der Waals surface area contributed by atoms with Gasteiger partial charge in [0.25, 0.3) is 5.91 Å². The molecule has 2 amide bonds. The molecule has 1 aromatic rings. The van der Waals surface area contributed by atoms with Gasteiger partial charge in [0, 0.05) is 13.0 Å². The Hall–Kier alpha value is -2.59. The van der Waals surface area contributed by atoms with Gasteiger partial charge in [0.05, 0.1) is 11.5 Å². The van der Waals surface area contributed by atoms with Gasteiger partial charge in [-0.2, -0.15) is 0 Å². The molecule has 1 fully saturated rings. The van der Waals surface area contributed by atoms with Crippen molar-refractivity contribution in [2.45, 2.75) is 32.7 Å². The van der Waals surface area contributed by atoms with Crippen molar-refractivity contribution in [3.63, 3.8) is 0 Å². The van der Waals surface area contributed by atoms with E-state index in [1.165, 1.54) is 11.0 Å². The Kier molecular flexibility index (Phi) is 8.03. The van der Waals surface area contributed by atoms with E-state index in [1.807, 2.05) is 0 Å². The number of hydrogen-bond donors (Lipinski definition) is 3. The number of carbonyl (C=O) groups excluding carboxylic acids is 2. The van der Waals surface area contributed by atoms with Gasteiger partial charge in [0.2, 0.25) is 5.91 Å². The third-order valence-corrected chi connectivity index (χ3v) is 5.37. The normalized spacial score (nSPS) is 16.2. The van der Waals surface area contributed by atoms with Crippen molar-refractivity contribution < 1.29 is 29.3 Å². The molecule has 0 aromatic heterocycles. The number of thioether (sulfide) groups is 1. The molecule has 0 aliphatic carbocycles. The minimum absolute atomic E-state index is 0.00439. The van der Waals surface area contributed by atoms with E-state index >= 15 is 0 Å². The number of nitrogens with zero attached hydrogens (tertiary/aromatic N) is 1. The lowest BCUT2D eigenvalue weighted by atomic mass is 10.1. The molecule has 0 saturated carbocycles. The number of carbonyl (C=O) groups is 3. The summed E-state index contributed by atoms with van der Waals surface area (Å²) in [6.07, 6.45) is 1.88. The van der Waals surface area contributed by atoms with E-state index in [4.69, 9.17) is 22.1 Å². The quantitative estimate of drug-likeness (QED) is 0.306. The smallest absolute Gasteiger partial charge is 0.303 e. The first-order valence-electron chi connectivity index (χ1n) is 8.97. The van der Waals surface area contributed by atoms with Gasteiger partial charge >= 0.3 is 5.97 Å². The van der Waals surface area contributed by atoms with E-state index in [2.05, 4.69) is 5.32 Å². The van der Waals surface area contributed by atoms with Crippen LogP contribution in [-0.2, 0) is 14.4 Å². The zero-order chi connectivity index (χ0) is 21.6. The van der Waals surface area contributed by atoms with Crippen molar-refractivity contribution >= 4 is 52.2 Å². The number of aliphatic carboxylic acids is 1. The van der Waals surface area contributed by atoms with Gasteiger partial charge in [0.15, 0.2) is 11.5 Å². The maximum atomic E-state index is 12.8. The molecule has 10 heteroatoms. The topological polar surface area (TPSA) is 116 Å². The lowest BCUT2D eigenvalue weighted by molar-refractivity contribution is -0.137. The summed E-state index contributed by atoms with van der Waals surface area (Å²) in [5, 5.41) is 21.0. The highest BCUT2D eigenvalue weighted by Crippen LogP contribution is 2.35. The maximum absolute atomic E-state index is 12.8. The summed E-state index contributed by atoms with van der Waals surface area (Å²) in [7, 11) is 0. The number of rotatable bonds is 9. The molecule has 0 radical (unpaired) electrons. The first-order valence-corrected chi connectivity index (χ1v) is 10.2. The number of amides is 2. The van der Waals surface area contributed by atoms with Crippen LogP contribution >= 0.6 is 24.0 Å². The third-order valence-electron chi connectivity index (χ3n) is 4.04. The lowest BCUT2D eigenvalue weighted by Crippen LogP contribution is -2.47. The second-order valence-electron chi connectivity index (χ2n) is 6.18. The largest absolute Gasteiger partial charge is 0.504 e. The average Bonchev–Trinajstić information content (AvgIpc) is 2.94. The molecule has 1 atom stereocenters. The summed E-state index contributed by atoms with van der Waals surface area (Å²) in [4.78, 5) is 37.2. The monoisotopic (exact) mass is 438 g/mol. The number of hydrogen-bond acceptors (Lipinski definition) is 7. The highest BCUT2D eigenvalue weighted by atomic mass is 32.2. The molecule has 8 nitrogen and oxygen atoms in total. The Balaban J connectivity index is 2.08. The molecule has 1 aromatic carbocycles. The van der Waals surface area contributed by atoms with Gasteiger partial charge in [-0.1, -0.05) is 30.0 Å². The number of phenolic OH excluding ortho intramolecular Hbond substituents is 1. The maximum Gasteiger partial charge on any atom is 0.303 e. The van der Waals surface area contributed by atoms with Crippen LogP contribution in [0.2, 0.25) is 0 Å². The summed E-state index contributed by atoms with van der Waals surface area (Å²) in [5.74, 6) is -1.41. The Bertz CT molecular complexity index is 855. The van der Waals surface area contributed by atoms with E-state index in [0.717, 1.165) is 11.8 Å². The van der Waals surface area contributed by atoms with Gasteiger partial charge in [0.1, 0.15) is 10.4 Å². The van der Waals surface area contributed by atoms with Crippen LogP contribution in [-0.4, -0.2) is 56.4 Å². The van der Waals surface area contributed by atoms with Gasteiger partial charge in [-0.15, -0.1) is 0 Å². The van der Waals surface area contributed by atoms with Crippen LogP contribution in [0.1, 0.15) is 32.3 Å². The van der Waals surface area contributed by atoms with Crippen LogP contribution in [0.25, 0.3) is 6.08 Å². The van der Waals surface area contributed by atoms with Crippen LogP contribution < -0.4 is 10.1 Å². The fraction of sp³-hybridized carbons (Fsp3) is 0.368. The summed E-state index contributed by atoms with van der Waals surface area (Å²) >= 11 is 6.35. The molecule has 2 rings (SSSR count). The summed E-state index contributed by atoms with van der Waals surface area (Å²) in [6, 6.07) is 3.91. The van der Waals surface area contributed by atoms with Crippen molar-refractivity contribution in [3.05, 3.63) is 28.7 Å². The molecule has 3 N–H and O–H groups in total. The van der Waals surface area contributed by atoms with Crippen molar-refractivity contribution in [1.82, 2.24) is 10.2 Å². The highest BCUT2D eigenvalue weighted by Gasteiger charge is 2.38. The summed E-state index contributed by atoms with van der Waals surface area (Å²) in [5.41, 5.74) is 0.650. The number of carboxylic acids is 1. The van der Waals surface area contributed by atoms with Crippen molar-refractivity contribution in [3.8, 4) is 11.5 Å². The van der Waals surface area contributed by atoms with Crippen molar-refractivity contribution in [2.75, 3.05) is 13.2 Å². The Morgan fingerprint density at radius 2 is 2.14 bits per heavy atom. The van der Waals surface area contributed by atoms with Crippen molar-refractivity contribution in [1.29, 1.82) is 0 Å². The second kappa shape index (κ2) is 10.3. The summed E-state index contributed by atoms with van der Waals surface area (Å²) in [6.45, 7) is 3.95. The summed E-state index contributed by atoms with van der Waals surface area (Å²) < 4.78 is 5.61. The molecular formula is C19H22N2O6S2. The molecule has 1 aliphatic rings. The average molecular weight is 439 g/mol. The fourth-order valence-corrected chi connectivity index (χ4v) is 3.99. The lowest BCUT2D eigenvalue weighted by Gasteiger charge is -2.22. The minimum Gasteiger partial charge on any atom is -0.504 e. The van der Waals surface area contributed by atoms with Crippen LogP contribution in [0.4, 0.5) is 0 Å². The standard InChI is InChI=1S/C19H22N2O6S2/c1-3-27-14-9-12(6-7-13(14)22)10-15-18(26)21(19(28)29-15)11(2)17(25)20-8-4-5-16(23)24/h6-7,9-11,22H,3-5,8H2,1-2H3,(H,20,25)(H,23,24)/b15-10-. The van der Waals surface area contributed by atoms with E-state index in [0.29, 0.717) is 29.2 Å². The number of aromatic hydroxyl groups is 1. The molecule has 156 valence electrons. The SMILES string of the molecule is CCOc1cc(/C=C2\SC(=S)N(C(C)C(=O)NCCCC(=O)O)C2=O)ccc1O. The number of benzene rings is 1. The number of carboxylic acid groups (broad SMARTS) is 1. The van der Waals surface area contributed by atoms with Gasteiger partial charge in [-0.25, -0.2) is 0 Å². The molecule has 29 heavy (non-hydrogen) atoms. The predicted octanol–water partition coefficient (Wildman–Crippen LogP) is 2.36. The van der Waals surface area contributed by atoms with Crippen LogP contribution in [0, 0.1) is 0 Å². The highest BCUT2D eigenvalue weighted by molar-refractivity contribution is 8.26. The first kappa shape index (κ1) is 22.7. The molecule has 1 heterocycles. The molecule has 0 bridgehead atoms. The molecule has 0 spiro atoms. The van der Waals surface area contributed by atoms with Crippen LogP contribution in [0.3, 0.4) is 0 Å². The number of thiocarbonyl (C=S) groups is 1. The molecule has 1 aliphatic heterocycles. The Labute approximate surface area is 177 Å². The molecule has 1 unspecified atom stereocenters. The molecule has 1 saturated heterocycles. The number of ether oxygens (including phenoxy) is 1. The Morgan fingerprint density at radius 1 is 1.41 bits per heavy atom. The minimum atomic E-state index is -0.934. The zero-order valence-electron chi connectivity index (χ0n) is 16.0. The zero-order valence-corrected chi connectivity index (χ0v) is 17.6. The van der Waals surface area contributed by atoms with E-state index in [9.17, 15) is 19.5 Å². The van der Waals surface area contributed by atoms with Gasteiger partial charge in [-0.3, -0.25) is 19.3 Å². The van der Waals surface area contributed by atoms with E-state index in [1.54, 1.807) is 32.1 Å². The first-order chi connectivity index (χ1) is 13.7. The van der Waals surface area contributed by atoms with Gasteiger partial charge in [-0.05, 0) is 44.0 Å². The Morgan fingerprint density at radius 3 is 2.79 bits per heavy atom. The second-order valence-corrected chi connectivity index (χ2v) is 7.85. The predicted molar refractivity (Wildman–Crippen MR) is 114 cm³/mol. The molecular weight excluding hydrogens is 416 g/mol. The fourth-order valence-electron chi connectivity index (χ4n) is 2.57.